The summed E-state index contributed by atoms with van der Waals surface area (Å²) in [5.74, 6) is -1.09. The van der Waals surface area contributed by atoms with Crippen LogP contribution in [0.15, 0.2) is 48.5 Å². The van der Waals surface area contributed by atoms with Crippen LogP contribution in [-0.4, -0.2) is 36.6 Å². The Kier molecular flexibility index (Phi) is 7.17. The fraction of sp³-hybridized carbons (Fsp3) is 0.235. The number of nitrogens with two attached hydrogens (primary N) is 1. The first-order valence-electron chi connectivity index (χ1n) is 8.00. The molecule has 0 aliphatic carbocycles. The van der Waals surface area contributed by atoms with E-state index in [4.69, 9.17) is 22.4 Å². The number of hydrogen-bond acceptors (Lipinski definition) is 5. The van der Waals surface area contributed by atoms with Crippen molar-refractivity contribution in [2.24, 2.45) is 5.73 Å². The van der Waals surface area contributed by atoms with Gasteiger partial charge in [0.2, 0.25) is 0 Å². The molecule has 0 saturated heterocycles. The molecule has 10 heteroatoms. The van der Waals surface area contributed by atoms with E-state index in [1.165, 1.54) is 12.1 Å². The van der Waals surface area contributed by atoms with Crippen molar-refractivity contribution in [2.75, 3.05) is 10.8 Å². The molecule has 0 saturated carbocycles. The van der Waals surface area contributed by atoms with Crippen LogP contribution < -0.4 is 15.4 Å². The lowest BCUT2D eigenvalue weighted by Gasteiger charge is -2.24. The number of nitrogens with one attached hydrogen (secondary N) is 1. The third kappa shape index (κ3) is 5.91. The molecule has 1 unspecified atom stereocenters. The van der Waals surface area contributed by atoms with Crippen LogP contribution in [0.2, 0.25) is 5.02 Å². The highest BCUT2D eigenvalue weighted by molar-refractivity contribution is 7.87. The highest BCUT2D eigenvalue weighted by atomic mass is 35.5. The molecule has 27 heavy (non-hydrogen) atoms. The van der Waals surface area contributed by atoms with E-state index in [1.807, 2.05) is 0 Å². The van der Waals surface area contributed by atoms with E-state index in [1.54, 1.807) is 36.4 Å². The third-order valence-corrected chi connectivity index (χ3v) is 4.85. The van der Waals surface area contributed by atoms with Gasteiger partial charge in [0, 0.05) is 11.6 Å². The summed E-state index contributed by atoms with van der Waals surface area (Å²) in [5, 5.41) is 12.1. The fourth-order valence-electron chi connectivity index (χ4n) is 2.46. The number of para-hydroxylation sites is 1. The molecule has 0 amide bonds. The average molecular weight is 414 g/mol. The molecule has 0 fully saturated rings. The lowest BCUT2D eigenvalue weighted by molar-refractivity contribution is -0.138. The number of carboxylic acids is 1. The summed E-state index contributed by atoms with van der Waals surface area (Å²) in [5.41, 5.74) is 6.46. The van der Waals surface area contributed by atoms with Crippen molar-refractivity contribution in [1.82, 2.24) is 5.32 Å². The van der Waals surface area contributed by atoms with Crippen LogP contribution in [0.1, 0.15) is 12.0 Å². The molecule has 0 bridgehead atoms. The predicted molar refractivity (Wildman–Crippen MR) is 104 cm³/mol. The first-order valence-corrected chi connectivity index (χ1v) is 9.78. The summed E-state index contributed by atoms with van der Waals surface area (Å²) in [7, 11) is -4.62. The maximum atomic E-state index is 12.0. The van der Waals surface area contributed by atoms with Crippen LogP contribution in [0.25, 0.3) is 0 Å². The molecule has 8 nitrogen and oxygen atoms in total. The van der Waals surface area contributed by atoms with Crippen LogP contribution >= 0.6 is 11.6 Å². The minimum absolute atomic E-state index is 0.186. The molecule has 5 N–H and O–H groups in total. The van der Waals surface area contributed by atoms with Crippen molar-refractivity contribution in [3.63, 3.8) is 0 Å². The van der Waals surface area contributed by atoms with Crippen LogP contribution in [0.4, 0.5) is 11.4 Å². The van der Waals surface area contributed by atoms with Gasteiger partial charge in [-0.3, -0.25) is 9.35 Å². The zero-order valence-corrected chi connectivity index (χ0v) is 15.8. The Bertz CT molecular complexity index is 907. The highest BCUT2D eigenvalue weighted by Crippen LogP contribution is 2.32. The number of carbonyl (C=O) groups is 1. The number of carboxylic acid groups (broad SMARTS) is 1. The molecule has 0 aromatic heterocycles. The van der Waals surface area contributed by atoms with Gasteiger partial charge in [-0.15, -0.1) is 0 Å². The number of benzene rings is 2. The number of nitrogens with zero attached hydrogens (tertiary/aromatic N) is 1. The van der Waals surface area contributed by atoms with Crippen molar-refractivity contribution in [3.05, 3.63) is 59.1 Å². The SMILES string of the molecule is NC(CCNCc1ccccc1N(c1cccc(Cl)c1)S(=O)(=O)O)C(=O)O. The van der Waals surface area contributed by atoms with Crippen LogP contribution in [0.5, 0.6) is 0 Å². The molecular formula is C17H20ClN3O5S. The number of anilines is 2. The smallest absolute Gasteiger partial charge is 0.364 e. The molecule has 0 radical (unpaired) electrons. The van der Waals surface area contributed by atoms with E-state index >= 15 is 0 Å². The van der Waals surface area contributed by atoms with Gasteiger partial charge in [-0.1, -0.05) is 35.9 Å². The van der Waals surface area contributed by atoms with Crippen LogP contribution in [0, 0.1) is 0 Å². The third-order valence-electron chi connectivity index (χ3n) is 3.75. The Labute approximate surface area is 162 Å². The largest absolute Gasteiger partial charge is 0.480 e. The fourth-order valence-corrected chi connectivity index (χ4v) is 3.45. The van der Waals surface area contributed by atoms with Gasteiger partial charge >= 0.3 is 16.3 Å². The van der Waals surface area contributed by atoms with Crippen LogP contribution in [0.3, 0.4) is 0 Å². The molecule has 2 rings (SSSR count). The molecule has 1 atom stereocenters. The van der Waals surface area contributed by atoms with Crippen molar-refractivity contribution in [1.29, 1.82) is 0 Å². The molecule has 0 spiro atoms. The van der Waals surface area contributed by atoms with Gasteiger partial charge in [0.05, 0.1) is 11.4 Å². The molecule has 2 aromatic rings. The number of halogens is 1. The van der Waals surface area contributed by atoms with Crippen molar-refractivity contribution >= 4 is 39.2 Å². The van der Waals surface area contributed by atoms with Crippen molar-refractivity contribution in [2.45, 2.75) is 19.0 Å². The standard InChI is InChI=1S/C17H20ClN3O5S/c18-13-5-3-6-14(10-13)21(27(24,25)26)16-7-2-1-4-12(16)11-20-9-8-15(19)17(22)23/h1-7,10,15,20H,8-9,11,19H2,(H,22,23)(H,24,25,26). The summed E-state index contributed by atoms with van der Waals surface area (Å²) >= 11 is 5.95. The molecular weight excluding hydrogens is 394 g/mol. The Morgan fingerprint density at radius 1 is 1.22 bits per heavy atom. The predicted octanol–water partition coefficient (Wildman–Crippen LogP) is 2.17. The molecule has 146 valence electrons. The van der Waals surface area contributed by atoms with E-state index in [-0.39, 0.29) is 24.3 Å². The molecule has 2 aromatic carbocycles. The van der Waals surface area contributed by atoms with E-state index in [0.717, 1.165) is 4.31 Å². The topological polar surface area (TPSA) is 133 Å². The van der Waals surface area contributed by atoms with Crippen molar-refractivity contribution < 1.29 is 22.9 Å². The van der Waals surface area contributed by atoms with Gasteiger partial charge in [-0.05, 0) is 42.8 Å². The quantitative estimate of drug-likeness (QED) is 0.365. The van der Waals surface area contributed by atoms with Crippen molar-refractivity contribution in [3.8, 4) is 0 Å². The Morgan fingerprint density at radius 2 is 1.93 bits per heavy atom. The molecule has 0 aliphatic heterocycles. The average Bonchev–Trinajstić information content (AvgIpc) is 2.58. The minimum atomic E-state index is -4.62. The Hall–Kier alpha value is -2.17. The first-order chi connectivity index (χ1) is 12.7. The number of hydrogen-bond donors (Lipinski definition) is 4. The second-order valence-corrected chi connectivity index (χ2v) is 7.46. The lowest BCUT2D eigenvalue weighted by atomic mass is 10.1. The minimum Gasteiger partial charge on any atom is -0.480 e. The van der Waals surface area contributed by atoms with E-state index < -0.39 is 22.3 Å². The summed E-state index contributed by atoms with van der Waals surface area (Å²) in [4.78, 5) is 10.7. The summed E-state index contributed by atoms with van der Waals surface area (Å²) in [6.07, 6.45) is 0.216. The van der Waals surface area contributed by atoms with Crippen LogP contribution in [-0.2, 0) is 21.6 Å². The van der Waals surface area contributed by atoms with Gasteiger partial charge in [-0.2, -0.15) is 8.42 Å². The maximum absolute atomic E-state index is 12.0. The Morgan fingerprint density at radius 3 is 2.56 bits per heavy atom. The Balaban J connectivity index is 2.26. The van der Waals surface area contributed by atoms with Gasteiger partial charge in [-0.25, -0.2) is 4.31 Å². The van der Waals surface area contributed by atoms with Gasteiger partial charge < -0.3 is 16.2 Å². The zero-order valence-electron chi connectivity index (χ0n) is 14.2. The van der Waals surface area contributed by atoms with E-state index in [0.29, 0.717) is 17.1 Å². The highest BCUT2D eigenvalue weighted by Gasteiger charge is 2.24. The monoisotopic (exact) mass is 413 g/mol. The lowest BCUT2D eigenvalue weighted by Crippen LogP contribution is -2.33. The molecule has 0 aliphatic rings. The second-order valence-electron chi connectivity index (χ2n) is 5.76. The number of aliphatic carboxylic acids is 1. The number of rotatable bonds is 9. The van der Waals surface area contributed by atoms with Gasteiger partial charge in [0.1, 0.15) is 6.04 Å². The summed E-state index contributed by atoms with van der Waals surface area (Å²) < 4.78 is 34.6. The first kappa shape index (κ1) is 21.1. The molecule has 0 heterocycles. The van der Waals surface area contributed by atoms with E-state index in [2.05, 4.69) is 5.32 Å². The zero-order chi connectivity index (χ0) is 20.0. The summed E-state index contributed by atoms with van der Waals surface area (Å²) in [6, 6.07) is 11.7. The maximum Gasteiger partial charge on any atom is 0.364 e. The van der Waals surface area contributed by atoms with Gasteiger partial charge in [0.15, 0.2) is 0 Å². The van der Waals surface area contributed by atoms with E-state index in [9.17, 15) is 17.8 Å². The second kappa shape index (κ2) is 9.16. The van der Waals surface area contributed by atoms with Gasteiger partial charge in [0.25, 0.3) is 0 Å². The normalized spacial score (nSPS) is 12.6. The summed E-state index contributed by atoms with van der Waals surface area (Å²) in [6.45, 7) is 0.569.